The van der Waals surface area contributed by atoms with E-state index < -0.39 is 17.8 Å². The summed E-state index contributed by atoms with van der Waals surface area (Å²) in [4.78, 5) is 31.8. The number of ketones is 1. The number of Topliss-reactive ketones (excluding diaryl/α,β-unsaturated/α-hetero) is 1. The van der Waals surface area contributed by atoms with Gasteiger partial charge in [0.25, 0.3) is 0 Å². The normalized spacial score (nSPS) is 11.8. The van der Waals surface area contributed by atoms with Crippen molar-refractivity contribution in [1.82, 2.24) is 0 Å². The van der Waals surface area contributed by atoms with Gasteiger partial charge >= 0.3 is 5.97 Å². The van der Waals surface area contributed by atoms with Gasteiger partial charge in [-0.2, -0.15) is 0 Å². The fourth-order valence-electron chi connectivity index (χ4n) is 0.648. The largest absolute Gasteiger partial charge is 0.464 e. The van der Waals surface area contributed by atoms with Gasteiger partial charge in [0.05, 0.1) is 6.61 Å². The molecule has 0 aliphatic rings. The predicted octanol–water partition coefficient (Wildman–Crippen LogP) is 0.664. The number of nitrogens with zero attached hydrogens (tertiary/aromatic N) is 1. The lowest BCUT2D eigenvalue weighted by atomic mass is 10.1. The molecular formula is C7H11NO4. The van der Waals surface area contributed by atoms with Crippen LogP contribution in [-0.2, 0) is 14.3 Å². The van der Waals surface area contributed by atoms with Crippen LogP contribution in [0.2, 0.25) is 0 Å². The summed E-state index contributed by atoms with van der Waals surface area (Å²) in [5.74, 6) is -1.37. The van der Waals surface area contributed by atoms with Crippen LogP contribution in [-0.4, -0.2) is 24.4 Å². The van der Waals surface area contributed by atoms with Gasteiger partial charge in [0.1, 0.15) is 0 Å². The highest BCUT2D eigenvalue weighted by Crippen LogP contribution is 1.99. The molecule has 0 N–H and O–H groups in total. The lowest BCUT2D eigenvalue weighted by molar-refractivity contribution is -0.147. The molecule has 0 saturated heterocycles. The van der Waals surface area contributed by atoms with E-state index in [-0.39, 0.29) is 13.0 Å². The van der Waals surface area contributed by atoms with E-state index >= 15 is 0 Å². The molecule has 0 saturated carbocycles. The van der Waals surface area contributed by atoms with Crippen LogP contribution in [0.3, 0.4) is 0 Å². The molecular weight excluding hydrogens is 162 g/mol. The molecule has 5 heteroatoms. The van der Waals surface area contributed by atoms with Crippen molar-refractivity contribution in [2.75, 3.05) is 6.61 Å². The van der Waals surface area contributed by atoms with Gasteiger partial charge in [-0.25, -0.2) is 4.79 Å². The molecule has 0 radical (unpaired) electrons. The Bertz CT molecular complexity index is 190. The lowest BCUT2D eigenvalue weighted by Gasteiger charge is -2.04. The fourth-order valence-corrected chi connectivity index (χ4v) is 0.648. The Kier molecular flexibility index (Phi) is 4.83. The van der Waals surface area contributed by atoms with Crippen LogP contribution in [0.4, 0.5) is 0 Å². The molecule has 68 valence electrons. The third-order valence-electron chi connectivity index (χ3n) is 1.27. The first-order chi connectivity index (χ1) is 5.67. The molecule has 12 heavy (non-hydrogen) atoms. The highest BCUT2D eigenvalue weighted by molar-refractivity contribution is 6.03. The van der Waals surface area contributed by atoms with Gasteiger partial charge in [0.15, 0.2) is 5.78 Å². The molecule has 0 aliphatic carbocycles. The van der Waals surface area contributed by atoms with Crippen molar-refractivity contribution in [1.29, 1.82) is 0 Å². The molecule has 5 nitrogen and oxygen atoms in total. The van der Waals surface area contributed by atoms with Crippen molar-refractivity contribution in [3.8, 4) is 0 Å². The van der Waals surface area contributed by atoms with Crippen molar-refractivity contribution < 1.29 is 14.3 Å². The molecule has 0 aromatic rings. The number of rotatable bonds is 5. The van der Waals surface area contributed by atoms with Crippen molar-refractivity contribution >= 4 is 11.8 Å². The molecule has 0 heterocycles. The minimum atomic E-state index is -1.48. The molecule has 0 aromatic heterocycles. The summed E-state index contributed by atoms with van der Waals surface area (Å²) in [5.41, 5.74) is 0. The van der Waals surface area contributed by atoms with Crippen LogP contribution >= 0.6 is 0 Å². The number of hydrogen-bond donors (Lipinski definition) is 0. The van der Waals surface area contributed by atoms with E-state index in [4.69, 9.17) is 0 Å². The number of hydrogen-bond acceptors (Lipinski definition) is 5. The van der Waals surface area contributed by atoms with Gasteiger partial charge in [-0.15, -0.1) is 4.91 Å². The maximum atomic E-state index is 10.9. The summed E-state index contributed by atoms with van der Waals surface area (Å²) in [6.45, 7) is 3.29. The highest BCUT2D eigenvalue weighted by Gasteiger charge is 2.27. The predicted molar refractivity (Wildman–Crippen MR) is 41.5 cm³/mol. The van der Waals surface area contributed by atoms with Crippen LogP contribution in [0.1, 0.15) is 20.3 Å². The zero-order valence-electron chi connectivity index (χ0n) is 7.07. The third-order valence-corrected chi connectivity index (χ3v) is 1.27. The number of carbonyl (C=O) groups is 2. The summed E-state index contributed by atoms with van der Waals surface area (Å²) in [5, 5.41) is 2.40. The van der Waals surface area contributed by atoms with Crippen LogP contribution < -0.4 is 0 Å². The standard InChI is InChI=1S/C7H11NO4/c1-3-5(9)6(8-11)7(10)12-4-2/h6H,3-4H2,1-2H3. The van der Waals surface area contributed by atoms with E-state index in [9.17, 15) is 14.5 Å². The Balaban J connectivity index is 4.23. The van der Waals surface area contributed by atoms with Gasteiger partial charge in [-0.3, -0.25) is 4.79 Å². The summed E-state index contributed by atoms with van der Waals surface area (Å²) >= 11 is 0. The molecule has 0 bridgehead atoms. The summed E-state index contributed by atoms with van der Waals surface area (Å²) in [6.07, 6.45) is 0.106. The maximum Gasteiger partial charge on any atom is 0.342 e. The second-order valence-electron chi connectivity index (χ2n) is 2.08. The van der Waals surface area contributed by atoms with Gasteiger partial charge in [0.2, 0.25) is 6.04 Å². The smallest absolute Gasteiger partial charge is 0.342 e. The van der Waals surface area contributed by atoms with Crippen molar-refractivity contribution in [3.05, 3.63) is 4.91 Å². The average Bonchev–Trinajstić information content (AvgIpc) is 2.06. The highest BCUT2D eigenvalue weighted by atomic mass is 16.5. The summed E-state index contributed by atoms with van der Waals surface area (Å²) < 4.78 is 4.46. The van der Waals surface area contributed by atoms with Crippen LogP contribution in [0.25, 0.3) is 0 Å². The Hall–Kier alpha value is -1.26. The minimum absolute atomic E-state index is 0.106. The van der Waals surface area contributed by atoms with Gasteiger partial charge < -0.3 is 4.74 Å². The minimum Gasteiger partial charge on any atom is -0.464 e. The number of esters is 1. The quantitative estimate of drug-likeness (QED) is 0.348. The Morgan fingerprint density at radius 2 is 2.00 bits per heavy atom. The number of nitroso groups, excluding NO2 is 1. The Morgan fingerprint density at radius 1 is 1.42 bits per heavy atom. The van der Waals surface area contributed by atoms with Gasteiger partial charge in [-0.05, 0) is 12.1 Å². The first kappa shape index (κ1) is 10.7. The van der Waals surface area contributed by atoms with E-state index in [2.05, 4.69) is 9.91 Å². The second-order valence-corrected chi connectivity index (χ2v) is 2.08. The summed E-state index contributed by atoms with van der Waals surface area (Å²) in [6, 6.07) is -1.48. The Labute approximate surface area is 70.1 Å². The molecule has 1 atom stereocenters. The molecule has 1 unspecified atom stereocenters. The van der Waals surface area contributed by atoms with Crippen molar-refractivity contribution in [2.24, 2.45) is 5.18 Å². The van der Waals surface area contributed by atoms with Gasteiger partial charge in [-0.1, -0.05) is 6.92 Å². The van der Waals surface area contributed by atoms with Crippen LogP contribution in [0.5, 0.6) is 0 Å². The zero-order chi connectivity index (χ0) is 9.56. The van der Waals surface area contributed by atoms with E-state index in [1.54, 1.807) is 13.8 Å². The number of carbonyl (C=O) groups excluding carboxylic acids is 2. The number of ether oxygens (including phenoxy) is 1. The van der Waals surface area contributed by atoms with Crippen molar-refractivity contribution in [3.63, 3.8) is 0 Å². The second kappa shape index (κ2) is 5.40. The van der Waals surface area contributed by atoms with Crippen LogP contribution in [0.15, 0.2) is 5.18 Å². The maximum absolute atomic E-state index is 10.9. The lowest BCUT2D eigenvalue weighted by Crippen LogP contribution is -2.29. The van der Waals surface area contributed by atoms with Crippen molar-refractivity contribution in [2.45, 2.75) is 26.3 Å². The molecule has 0 amide bonds. The van der Waals surface area contributed by atoms with Gasteiger partial charge in [0, 0.05) is 6.42 Å². The Morgan fingerprint density at radius 3 is 2.33 bits per heavy atom. The van der Waals surface area contributed by atoms with E-state index in [0.717, 1.165) is 0 Å². The first-order valence-corrected chi connectivity index (χ1v) is 3.69. The molecule has 0 spiro atoms. The topological polar surface area (TPSA) is 72.8 Å². The fraction of sp³-hybridized carbons (Fsp3) is 0.714. The monoisotopic (exact) mass is 173 g/mol. The molecule has 0 fully saturated rings. The SMILES string of the molecule is CCOC(=O)C(N=O)C(=O)CC. The first-order valence-electron chi connectivity index (χ1n) is 3.69. The summed E-state index contributed by atoms with van der Waals surface area (Å²) in [7, 11) is 0. The molecule has 0 aromatic carbocycles. The van der Waals surface area contributed by atoms with E-state index in [1.165, 1.54) is 0 Å². The third kappa shape index (κ3) is 2.77. The van der Waals surface area contributed by atoms with E-state index in [0.29, 0.717) is 0 Å². The average molecular weight is 173 g/mol. The van der Waals surface area contributed by atoms with Crippen LogP contribution in [0, 0.1) is 4.91 Å². The van der Waals surface area contributed by atoms with E-state index in [1.807, 2.05) is 0 Å². The molecule has 0 rings (SSSR count). The molecule has 0 aliphatic heterocycles. The zero-order valence-corrected chi connectivity index (χ0v) is 7.07.